The topological polar surface area (TPSA) is 23.6 Å². The number of amides is 1. The van der Waals surface area contributed by atoms with E-state index in [0.717, 1.165) is 30.7 Å². The standard InChI is InChI=1S/C19H34N2OS2/c1-20(19(22)10-3-2-8-17-11-14-23-24-17)15-16-7-6-13-21-12-5-4-9-18(16)21/h16-18H,2-15H2,1H3. The van der Waals surface area contributed by atoms with Crippen molar-refractivity contribution >= 4 is 27.5 Å². The van der Waals surface area contributed by atoms with Gasteiger partial charge in [-0.15, -0.1) is 0 Å². The largest absolute Gasteiger partial charge is 0.345 e. The fourth-order valence-electron chi connectivity index (χ4n) is 4.65. The Kier molecular flexibility index (Phi) is 7.66. The molecule has 3 aliphatic heterocycles. The van der Waals surface area contributed by atoms with Crippen LogP contribution in [0.15, 0.2) is 0 Å². The Bertz CT molecular complexity index is 399. The minimum absolute atomic E-state index is 0.372. The zero-order valence-corrected chi connectivity index (χ0v) is 16.9. The molecule has 0 spiro atoms. The molecule has 5 heteroatoms. The Morgan fingerprint density at radius 1 is 1.12 bits per heavy atom. The average Bonchev–Trinajstić information content (AvgIpc) is 3.12. The fourth-order valence-corrected chi connectivity index (χ4v) is 7.67. The number of carbonyl (C=O) groups excluding carboxylic acids is 1. The van der Waals surface area contributed by atoms with Crippen LogP contribution in [0.4, 0.5) is 0 Å². The van der Waals surface area contributed by atoms with E-state index in [1.54, 1.807) is 0 Å². The van der Waals surface area contributed by atoms with Crippen molar-refractivity contribution in [3.63, 3.8) is 0 Å². The Labute approximate surface area is 156 Å². The Balaban J connectivity index is 1.35. The highest BCUT2D eigenvalue weighted by Gasteiger charge is 2.33. The van der Waals surface area contributed by atoms with Gasteiger partial charge in [0.2, 0.25) is 5.91 Å². The molecule has 3 saturated heterocycles. The third-order valence-electron chi connectivity index (χ3n) is 6.06. The molecular weight excluding hydrogens is 336 g/mol. The quantitative estimate of drug-likeness (QED) is 0.489. The zero-order valence-electron chi connectivity index (χ0n) is 15.3. The van der Waals surface area contributed by atoms with Crippen molar-refractivity contribution in [2.45, 2.75) is 75.5 Å². The van der Waals surface area contributed by atoms with Gasteiger partial charge in [0.05, 0.1) is 0 Å². The van der Waals surface area contributed by atoms with Crippen LogP contribution in [0.5, 0.6) is 0 Å². The summed E-state index contributed by atoms with van der Waals surface area (Å²) in [5, 5.41) is 0.849. The minimum atomic E-state index is 0.372. The summed E-state index contributed by atoms with van der Waals surface area (Å²) in [5.41, 5.74) is 0. The maximum absolute atomic E-state index is 12.5. The van der Waals surface area contributed by atoms with E-state index in [1.807, 2.05) is 22.7 Å². The third-order valence-corrected chi connectivity index (χ3v) is 9.06. The molecule has 0 aromatic heterocycles. The summed E-state index contributed by atoms with van der Waals surface area (Å²) in [6.45, 7) is 3.56. The van der Waals surface area contributed by atoms with Gasteiger partial charge in [0.25, 0.3) is 0 Å². The predicted molar refractivity (Wildman–Crippen MR) is 106 cm³/mol. The molecule has 3 heterocycles. The van der Waals surface area contributed by atoms with Crippen LogP contribution >= 0.6 is 21.6 Å². The first kappa shape index (κ1) is 18.9. The van der Waals surface area contributed by atoms with Gasteiger partial charge in [-0.05, 0) is 64.0 Å². The van der Waals surface area contributed by atoms with E-state index in [0.29, 0.717) is 11.8 Å². The van der Waals surface area contributed by atoms with Crippen molar-refractivity contribution in [1.29, 1.82) is 0 Å². The summed E-state index contributed by atoms with van der Waals surface area (Å²) in [6.07, 6.45) is 12.4. The summed E-state index contributed by atoms with van der Waals surface area (Å²) >= 11 is 0. The number of carbonyl (C=O) groups is 1. The fraction of sp³-hybridized carbons (Fsp3) is 0.947. The molecule has 3 atom stereocenters. The van der Waals surface area contributed by atoms with E-state index in [-0.39, 0.29) is 0 Å². The third kappa shape index (κ3) is 5.31. The van der Waals surface area contributed by atoms with Gasteiger partial charge in [-0.1, -0.05) is 34.4 Å². The normalized spacial score (nSPS) is 31.0. The Hall–Kier alpha value is 0.130. The van der Waals surface area contributed by atoms with Crippen LogP contribution in [-0.2, 0) is 4.79 Å². The highest BCUT2D eigenvalue weighted by atomic mass is 33.1. The van der Waals surface area contributed by atoms with Crippen molar-refractivity contribution in [2.75, 3.05) is 32.4 Å². The van der Waals surface area contributed by atoms with Gasteiger partial charge < -0.3 is 9.80 Å². The van der Waals surface area contributed by atoms with Gasteiger partial charge in [-0.25, -0.2) is 0 Å². The second-order valence-corrected chi connectivity index (χ2v) is 10.6. The Morgan fingerprint density at radius 2 is 2.00 bits per heavy atom. The van der Waals surface area contributed by atoms with Gasteiger partial charge in [0.1, 0.15) is 0 Å². The summed E-state index contributed by atoms with van der Waals surface area (Å²) in [7, 11) is 6.11. The van der Waals surface area contributed by atoms with E-state index >= 15 is 0 Å². The molecule has 0 radical (unpaired) electrons. The first-order valence-electron chi connectivity index (χ1n) is 10.0. The molecular formula is C19H34N2OS2. The maximum atomic E-state index is 12.5. The van der Waals surface area contributed by atoms with Gasteiger partial charge >= 0.3 is 0 Å². The van der Waals surface area contributed by atoms with Crippen molar-refractivity contribution in [2.24, 2.45) is 5.92 Å². The van der Waals surface area contributed by atoms with Crippen LogP contribution in [0.3, 0.4) is 0 Å². The number of hydrogen-bond donors (Lipinski definition) is 0. The van der Waals surface area contributed by atoms with E-state index in [2.05, 4.69) is 15.7 Å². The van der Waals surface area contributed by atoms with Gasteiger partial charge in [-0.3, -0.25) is 4.79 Å². The number of hydrogen-bond acceptors (Lipinski definition) is 4. The lowest BCUT2D eigenvalue weighted by atomic mass is 9.83. The molecule has 0 N–H and O–H groups in total. The van der Waals surface area contributed by atoms with Crippen LogP contribution in [0, 0.1) is 5.92 Å². The van der Waals surface area contributed by atoms with E-state index in [4.69, 9.17) is 0 Å². The summed E-state index contributed by atoms with van der Waals surface area (Å²) in [5.74, 6) is 2.40. The smallest absolute Gasteiger partial charge is 0.222 e. The number of rotatable bonds is 7. The summed E-state index contributed by atoms with van der Waals surface area (Å²) in [6, 6.07) is 0.750. The van der Waals surface area contributed by atoms with Crippen LogP contribution < -0.4 is 0 Å². The SMILES string of the molecule is CN(CC1CCCN2CCCCC12)C(=O)CCCCC1CCSS1. The minimum Gasteiger partial charge on any atom is -0.345 e. The van der Waals surface area contributed by atoms with Crippen LogP contribution in [-0.4, -0.2) is 59.4 Å². The number of piperidine rings is 2. The lowest BCUT2D eigenvalue weighted by Gasteiger charge is -2.45. The van der Waals surface area contributed by atoms with Crippen LogP contribution in [0.2, 0.25) is 0 Å². The van der Waals surface area contributed by atoms with Crippen LogP contribution in [0.1, 0.15) is 64.2 Å². The first-order chi connectivity index (χ1) is 11.7. The molecule has 138 valence electrons. The van der Waals surface area contributed by atoms with Crippen molar-refractivity contribution in [1.82, 2.24) is 9.80 Å². The second kappa shape index (κ2) is 9.72. The number of unbranched alkanes of at least 4 members (excludes halogenated alkanes) is 1. The van der Waals surface area contributed by atoms with Gasteiger partial charge in [-0.2, -0.15) is 0 Å². The second-order valence-electron chi connectivity index (χ2n) is 7.85. The maximum Gasteiger partial charge on any atom is 0.222 e. The molecule has 0 aromatic rings. The molecule has 3 aliphatic rings. The molecule has 3 fully saturated rings. The molecule has 3 nitrogen and oxygen atoms in total. The summed E-state index contributed by atoms with van der Waals surface area (Å²) < 4.78 is 0. The molecule has 0 aromatic carbocycles. The number of fused-ring (bicyclic) bond motifs is 1. The molecule has 0 saturated carbocycles. The van der Waals surface area contributed by atoms with Crippen molar-refractivity contribution < 1.29 is 4.79 Å². The average molecular weight is 371 g/mol. The first-order valence-corrected chi connectivity index (χ1v) is 12.4. The van der Waals surface area contributed by atoms with E-state index in [9.17, 15) is 4.79 Å². The molecule has 0 aliphatic carbocycles. The molecule has 3 rings (SSSR count). The highest BCUT2D eigenvalue weighted by molar-refractivity contribution is 8.77. The monoisotopic (exact) mass is 370 g/mol. The molecule has 1 amide bonds. The van der Waals surface area contributed by atoms with Gasteiger partial charge in [0.15, 0.2) is 0 Å². The molecule has 3 unspecified atom stereocenters. The van der Waals surface area contributed by atoms with E-state index in [1.165, 1.54) is 70.2 Å². The van der Waals surface area contributed by atoms with Crippen LogP contribution in [0.25, 0.3) is 0 Å². The summed E-state index contributed by atoms with van der Waals surface area (Å²) in [4.78, 5) is 17.2. The predicted octanol–water partition coefficient (Wildman–Crippen LogP) is 4.42. The van der Waals surface area contributed by atoms with Crippen molar-refractivity contribution in [3.8, 4) is 0 Å². The highest BCUT2D eigenvalue weighted by Crippen LogP contribution is 2.40. The lowest BCUT2D eigenvalue weighted by molar-refractivity contribution is -0.131. The Morgan fingerprint density at radius 3 is 2.83 bits per heavy atom. The molecule has 24 heavy (non-hydrogen) atoms. The molecule has 0 bridgehead atoms. The number of nitrogens with zero attached hydrogens (tertiary/aromatic N) is 2. The van der Waals surface area contributed by atoms with Gasteiger partial charge in [0, 0.05) is 37.1 Å². The lowest BCUT2D eigenvalue weighted by Crippen LogP contribution is -2.51. The zero-order chi connectivity index (χ0) is 16.8. The van der Waals surface area contributed by atoms with Crippen molar-refractivity contribution in [3.05, 3.63) is 0 Å². The van der Waals surface area contributed by atoms with E-state index < -0.39 is 0 Å².